The summed E-state index contributed by atoms with van der Waals surface area (Å²) in [6, 6.07) is 17.1. The first-order valence-corrected chi connectivity index (χ1v) is 6.28. The van der Waals surface area contributed by atoms with Crippen molar-refractivity contribution in [3.63, 3.8) is 0 Å². The Hall–Kier alpha value is -2.35. The maximum Gasteiger partial charge on any atom is 0.178 e. The molecule has 0 N–H and O–H groups in total. The molecule has 2 atom stereocenters. The fourth-order valence-electron chi connectivity index (χ4n) is 2.49. The molecule has 94 valence electrons. The number of ketones is 1. The molecule has 0 amide bonds. The summed E-state index contributed by atoms with van der Waals surface area (Å²) in [4.78, 5) is 12.7. The monoisotopic (exact) mass is 250 g/mol. The second-order valence-electron chi connectivity index (χ2n) is 4.57. The molecule has 2 aromatic rings. The van der Waals surface area contributed by atoms with Gasteiger partial charge < -0.3 is 4.74 Å². The van der Waals surface area contributed by atoms with Crippen molar-refractivity contribution in [1.82, 2.24) is 0 Å². The molecule has 1 aliphatic rings. The van der Waals surface area contributed by atoms with Gasteiger partial charge in [0.25, 0.3) is 0 Å². The van der Waals surface area contributed by atoms with Gasteiger partial charge in [-0.25, -0.2) is 0 Å². The van der Waals surface area contributed by atoms with Gasteiger partial charge in [0.2, 0.25) is 0 Å². The van der Waals surface area contributed by atoms with Crippen molar-refractivity contribution in [3.05, 3.63) is 78.4 Å². The lowest BCUT2D eigenvalue weighted by atomic mass is 9.84. The van der Waals surface area contributed by atoms with Crippen LogP contribution in [0.15, 0.2) is 67.3 Å². The van der Waals surface area contributed by atoms with Gasteiger partial charge in [-0.15, -0.1) is 0 Å². The molecule has 2 nitrogen and oxygen atoms in total. The van der Waals surface area contributed by atoms with Gasteiger partial charge in [-0.1, -0.05) is 55.1 Å². The van der Waals surface area contributed by atoms with E-state index in [1.807, 2.05) is 54.6 Å². The third-order valence-corrected chi connectivity index (χ3v) is 3.42. The van der Waals surface area contributed by atoms with E-state index in [4.69, 9.17) is 4.74 Å². The lowest BCUT2D eigenvalue weighted by Gasteiger charge is -2.30. The molecule has 0 radical (unpaired) electrons. The van der Waals surface area contributed by atoms with E-state index in [1.165, 1.54) is 0 Å². The van der Waals surface area contributed by atoms with Gasteiger partial charge in [-0.05, 0) is 17.7 Å². The van der Waals surface area contributed by atoms with Gasteiger partial charge in [0.1, 0.15) is 11.9 Å². The third kappa shape index (κ3) is 1.95. The number of para-hydroxylation sites is 1. The average Bonchev–Trinajstić information content (AvgIpc) is 2.48. The number of carbonyl (C=O) groups is 1. The second-order valence-corrected chi connectivity index (χ2v) is 4.57. The Morgan fingerprint density at radius 2 is 1.68 bits per heavy atom. The smallest absolute Gasteiger partial charge is 0.178 e. The molecule has 0 fully saturated rings. The first kappa shape index (κ1) is 11.7. The number of ether oxygens (including phenoxy) is 1. The second kappa shape index (κ2) is 4.73. The highest BCUT2D eigenvalue weighted by Gasteiger charge is 2.36. The van der Waals surface area contributed by atoms with Gasteiger partial charge in [0, 0.05) is 0 Å². The molecule has 0 spiro atoms. The van der Waals surface area contributed by atoms with Crippen molar-refractivity contribution in [2.75, 3.05) is 0 Å². The molecule has 1 heterocycles. The van der Waals surface area contributed by atoms with Crippen LogP contribution in [0.25, 0.3) is 0 Å². The topological polar surface area (TPSA) is 26.3 Å². The number of benzene rings is 2. The minimum Gasteiger partial charge on any atom is -0.484 e. The van der Waals surface area contributed by atoms with E-state index < -0.39 is 0 Å². The first-order chi connectivity index (χ1) is 9.31. The zero-order chi connectivity index (χ0) is 13.2. The zero-order valence-electron chi connectivity index (χ0n) is 10.5. The quantitative estimate of drug-likeness (QED) is 0.761. The standard InChI is InChI=1S/C17H14O2/c1-2-14-16(12-8-4-3-5-9-12)17(18)13-10-6-7-11-15(13)19-14/h2-11,14,16H,1H2. The van der Waals surface area contributed by atoms with Crippen LogP contribution in [-0.2, 0) is 0 Å². The Labute approximate surface area is 112 Å². The van der Waals surface area contributed by atoms with Gasteiger partial charge in [0.15, 0.2) is 5.78 Å². The third-order valence-electron chi connectivity index (χ3n) is 3.42. The molecule has 3 rings (SSSR count). The number of Topliss-reactive ketones (excluding diaryl/α,β-unsaturated/α-hetero) is 1. The van der Waals surface area contributed by atoms with Crippen LogP contribution in [0.2, 0.25) is 0 Å². The number of hydrogen-bond acceptors (Lipinski definition) is 2. The highest BCUT2D eigenvalue weighted by atomic mass is 16.5. The predicted octanol–water partition coefficient (Wildman–Crippen LogP) is 3.60. The maximum atomic E-state index is 12.7. The Kier molecular flexibility index (Phi) is 2.92. The van der Waals surface area contributed by atoms with Crippen molar-refractivity contribution >= 4 is 5.78 Å². The largest absolute Gasteiger partial charge is 0.484 e. The van der Waals surface area contributed by atoms with Gasteiger partial charge >= 0.3 is 0 Å². The van der Waals surface area contributed by atoms with E-state index in [9.17, 15) is 4.79 Å². The molecule has 0 saturated heterocycles. The van der Waals surface area contributed by atoms with Crippen LogP contribution < -0.4 is 4.74 Å². The molecule has 2 unspecified atom stereocenters. The number of fused-ring (bicyclic) bond motifs is 1. The number of carbonyl (C=O) groups excluding carboxylic acids is 1. The van der Waals surface area contributed by atoms with E-state index in [0.29, 0.717) is 11.3 Å². The van der Waals surface area contributed by atoms with Crippen molar-refractivity contribution in [2.45, 2.75) is 12.0 Å². The summed E-state index contributed by atoms with van der Waals surface area (Å²) in [5, 5.41) is 0. The van der Waals surface area contributed by atoms with Crippen molar-refractivity contribution in [1.29, 1.82) is 0 Å². The molecule has 2 aromatic carbocycles. The fraction of sp³-hybridized carbons (Fsp3) is 0.118. The molecule has 0 aromatic heterocycles. The predicted molar refractivity (Wildman–Crippen MR) is 74.6 cm³/mol. The first-order valence-electron chi connectivity index (χ1n) is 6.28. The van der Waals surface area contributed by atoms with Crippen LogP contribution in [0.3, 0.4) is 0 Å². The van der Waals surface area contributed by atoms with Crippen LogP contribution >= 0.6 is 0 Å². The van der Waals surface area contributed by atoms with E-state index in [0.717, 1.165) is 5.56 Å². The minimum atomic E-state index is -0.315. The minimum absolute atomic E-state index is 0.0953. The summed E-state index contributed by atoms with van der Waals surface area (Å²) < 4.78 is 5.88. The average molecular weight is 250 g/mol. The van der Waals surface area contributed by atoms with E-state index in [-0.39, 0.29) is 17.8 Å². The summed E-state index contributed by atoms with van der Waals surface area (Å²) in [5.74, 6) is 0.427. The van der Waals surface area contributed by atoms with Crippen molar-refractivity contribution < 1.29 is 9.53 Å². The van der Waals surface area contributed by atoms with Crippen LogP contribution in [-0.4, -0.2) is 11.9 Å². The molecule has 2 heteroatoms. The Morgan fingerprint density at radius 3 is 2.42 bits per heavy atom. The SMILES string of the molecule is C=CC1Oc2ccccc2C(=O)C1c1ccccc1. The summed E-state index contributed by atoms with van der Waals surface area (Å²) in [6.45, 7) is 3.79. The number of hydrogen-bond donors (Lipinski definition) is 0. The molecular weight excluding hydrogens is 236 g/mol. The van der Waals surface area contributed by atoms with E-state index >= 15 is 0 Å². The fourth-order valence-corrected chi connectivity index (χ4v) is 2.49. The molecule has 0 bridgehead atoms. The van der Waals surface area contributed by atoms with Crippen LogP contribution in [0.1, 0.15) is 21.8 Å². The van der Waals surface area contributed by atoms with Crippen molar-refractivity contribution in [3.8, 4) is 5.75 Å². The van der Waals surface area contributed by atoms with Crippen LogP contribution in [0, 0.1) is 0 Å². The number of rotatable bonds is 2. The summed E-state index contributed by atoms with van der Waals surface area (Å²) in [7, 11) is 0. The Balaban J connectivity index is 2.10. The normalized spacial score (nSPS) is 21.4. The molecule has 19 heavy (non-hydrogen) atoms. The molecule has 1 aliphatic heterocycles. The van der Waals surface area contributed by atoms with Crippen molar-refractivity contribution in [2.24, 2.45) is 0 Å². The molecule has 0 saturated carbocycles. The maximum absolute atomic E-state index is 12.7. The molecular formula is C17H14O2. The van der Waals surface area contributed by atoms with Crippen LogP contribution in [0.5, 0.6) is 5.75 Å². The summed E-state index contributed by atoms with van der Waals surface area (Å²) in [6.07, 6.45) is 1.38. The van der Waals surface area contributed by atoms with E-state index in [1.54, 1.807) is 6.08 Å². The zero-order valence-corrected chi connectivity index (χ0v) is 10.5. The lowest BCUT2D eigenvalue weighted by Crippen LogP contribution is -2.34. The Bertz CT molecular complexity index is 616. The van der Waals surface area contributed by atoms with Crippen LogP contribution in [0.4, 0.5) is 0 Å². The molecule has 0 aliphatic carbocycles. The van der Waals surface area contributed by atoms with E-state index in [2.05, 4.69) is 6.58 Å². The van der Waals surface area contributed by atoms with Gasteiger partial charge in [0.05, 0.1) is 11.5 Å². The highest BCUT2D eigenvalue weighted by molar-refractivity contribution is 6.04. The van der Waals surface area contributed by atoms with Gasteiger partial charge in [-0.3, -0.25) is 4.79 Å². The highest BCUT2D eigenvalue weighted by Crippen LogP contribution is 2.36. The summed E-state index contributed by atoms with van der Waals surface area (Å²) in [5.41, 5.74) is 1.61. The van der Waals surface area contributed by atoms with Gasteiger partial charge in [-0.2, -0.15) is 0 Å². The Morgan fingerprint density at radius 1 is 1.00 bits per heavy atom. The summed E-state index contributed by atoms with van der Waals surface area (Å²) >= 11 is 0. The lowest BCUT2D eigenvalue weighted by molar-refractivity contribution is 0.0842.